The van der Waals surface area contributed by atoms with Crippen LogP contribution in [0.4, 0.5) is 17.2 Å². The lowest BCUT2D eigenvalue weighted by atomic mass is 10.2. The van der Waals surface area contributed by atoms with Gasteiger partial charge >= 0.3 is 0 Å². The van der Waals surface area contributed by atoms with E-state index in [0.29, 0.717) is 5.25 Å². The van der Waals surface area contributed by atoms with E-state index in [1.54, 1.807) is 0 Å². The number of allylic oxidation sites excluding steroid dienone is 1. The molecule has 5 nitrogen and oxygen atoms in total. The van der Waals surface area contributed by atoms with Gasteiger partial charge in [-0.3, -0.25) is 4.40 Å². The van der Waals surface area contributed by atoms with Crippen LogP contribution in [0.25, 0.3) is 5.65 Å². The van der Waals surface area contributed by atoms with E-state index in [0.717, 1.165) is 29.3 Å². The first-order chi connectivity index (χ1) is 11.7. The van der Waals surface area contributed by atoms with Crippen LogP contribution in [0.2, 0.25) is 0 Å². The highest BCUT2D eigenvalue weighted by Crippen LogP contribution is 2.38. The summed E-state index contributed by atoms with van der Waals surface area (Å²) >= 11 is 1.84. The molecule has 1 aliphatic rings. The Bertz CT molecular complexity index is 891. The summed E-state index contributed by atoms with van der Waals surface area (Å²) in [5, 5.41) is 6.00. The zero-order valence-electron chi connectivity index (χ0n) is 13.7. The molecule has 24 heavy (non-hydrogen) atoms. The molecule has 0 spiro atoms. The minimum atomic E-state index is 0.437. The van der Waals surface area contributed by atoms with Crippen molar-refractivity contribution in [3.63, 3.8) is 0 Å². The van der Waals surface area contributed by atoms with Gasteiger partial charge in [-0.1, -0.05) is 12.1 Å². The Balaban J connectivity index is 1.68. The number of benzene rings is 1. The molecule has 0 bridgehead atoms. The molecule has 122 valence electrons. The standard InChI is InChI=1S/C18H19N5S/c1-22(2)14-6-3-5-13(11-14)21-17-18-20-12-15(16-7-4-10-24-16)23(18)9-8-19-17/h3-6,8-12,16H,7H2,1-2H3,(H,19,21). The van der Waals surface area contributed by atoms with Crippen molar-refractivity contribution in [1.82, 2.24) is 14.4 Å². The molecule has 4 rings (SSSR count). The minimum Gasteiger partial charge on any atom is -0.378 e. The Labute approximate surface area is 145 Å². The van der Waals surface area contributed by atoms with Crippen molar-refractivity contribution in [3.05, 3.63) is 60.0 Å². The monoisotopic (exact) mass is 337 g/mol. The van der Waals surface area contributed by atoms with Crippen LogP contribution < -0.4 is 10.2 Å². The third-order valence-electron chi connectivity index (χ3n) is 4.10. The van der Waals surface area contributed by atoms with Crippen LogP contribution in [0.3, 0.4) is 0 Å². The number of rotatable bonds is 4. The van der Waals surface area contributed by atoms with Gasteiger partial charge in [-0.25, -0.2) is 9.97 Å². The molecule has 1 aliphatic heterocycles. The number of thioether (sulfide) groups is 1. The van der Waals surface area contributed by atoms with Gasteiger partial charge in [0, 0.05) is 37.9 Å². The molecule has 1 atom stereocenters. The number of anilines is 3. The second kappa shape index (κ2) is 6.20. The Kier molecular flexibility index (Phi) is 3.90. The Morgan fingerprint density at radius 3 is 3.00 bits per heavy atom. The fraction of sp³-hybridized carbons (Fsp3) is 0.222. The first-order valence-corrected chi connectivity index (χ1v) is 8.83. The molecule has 3 heterocycles. The lowest BCUT2D eigenvalue weighted by Crippen LogP contribution is -2.08. The number of nitrogens with zero attached hydrogens (tertiary/aromatic N) is 4. The summed E-state index contributed by atoms with van der Waals surface area (Å²) in [6, 6.07) is 8.26. The van der Waals surface area contributed by atoms with Crippen molar-refractivity contribution in [1.29, 1.82) is 0 Å². The van der Waals surface area contributed by atoms with Crippen LogP contribution in [-0.4, -0.2) is 28.5 Å². The molecule has 0 fully saturated rings. The normalized spacial score (nSPS) is 16.7. The summed E-state index contributed by atoms with van der Waals surface area (Å²) in [6.45, 7) is 0. The predicted molar refractivity (Wildman–Crippen MR) is 101 cm³/mol. The lowest BCUT2D eigenvalue weighted by Gasteiger charge is -2.14. The van der Waals surface area contributed by atoms with Gasteiger partial charge in [0.1, 0.15) is 0 Å². The Morgan fingerprint density at radius 2 is 2.21 bits per heavy atom. The molecule has 0 aliphatic carbocycles. The quantitative estimate of drug-likeness (QED) is 0.772. The maximum absolute atomic E-state index is 4.60. The fourth-order valence-electron chi connectivity index (χ4n) is 2.84. The summed E-state index contributed by atoms with van der Waals surface area (Å²) in [5.74, 6) is 0.774. The zero-order valence-corrected chi connectivity index (χ0v) is 14.5. The summed E-state index contributed by atoms with van der Waals surface area (Å²) in [6.07, 6.45) is 9.03. The number of imidazole rings is 1. The van der Waals surface area contributed by atoms with E-state index in [-0.39, 0.29) is 0 Å². The average Bonchev–Trinajstić information content (AvgIpc) is 3.24. The largest absolute Gasteiger partial charge is 0.378 e. The maximum atomic E-state index is 4.60. The van der Waals surface area contributed by atoms with Crippen molar-refractivity contribution in [2.45, 2.75) is 11.7 Å². The molecule has 1 aromatic carbocycles. The van der Waals surface area contributed by atoms with Crippen molar-refractivity contribution in [2.75, 3.05) is 24.3 Å². The van der Waals surface area contributed by atoms with Gasteiger partial charge in [0.25, 0.3) is 0 Å². The summed E-state index contributed by atoms with van der Waals surface area (Å²) in [4.78, 5) is 11.2. The smallest absolute Gasteiger partial charge is 0.180 e. The van der Waals surface area contributed by atoms with E-state index in [9.17, 15) is 0 Å². The third kappa shape index (κ3) is 2.73. The van der Waals surface area contributed by atoms with Crippen molar-refractivity contribution < 1.29 is 0 Å². The maximum Gasteiger partial charge on any atom is 0.180 e. The predicted octanol–water partition coefficient (Wildman–Crippen LogP) is 4.23. The molecule has 1 unspecified atom stereocenters. The van der Waals surface area contributed by atoms with Crippen molar-refractivity contribution in [3.8, 4) is 0 Å². The van der Waals surface area contributed by atoms with Crippen molar-refractivity contribution >= 4 is 34.6 Å². The third-order valence-corrected chi connectivity index (χ3v) is 5.21. The molecule has 0 radical (unpaired) electrons. The highest BCUT2D eigenvalue weighted by atomic mass is 32.2. The molecule has 0 saturated carbocycles. The average molecular weight is 337 g/mol. The van der Waals surface area contributed by atoms with Gasteiger partial charge in [0.15, 0.2) is 11.5 Å². The number of fused-ring (bicyclic) bond motifs is 1. The topological polar surface area (TPSA) is 45.5 Å². The molecule has 6 heteroatoms. The highest BCUT2D eigenvalue weighted by Gasteiger charge is 2.19. The summed E-state index contributed by atoms with van der Waals surface area (Å²) in [7, 11) is 4.07. The Morgan fingerprint density at radius 1 is 1.29 bits per heavy atom. The van der Waals surface area contributed by atoms with Gasteiger partial charge in [0.2, 0.25) is 0 Å². The van der Waals surface area contributed by atoms with Gasteiger partial charge in [0.05, 0.1) is 17.1 Å². The van der Waals surface area contributed by atoms with E-state index in [1.807, 2.05) is 56.6 Å². The van der Waals surface area contributed by atoms with E-state index in [2.05, 4.69) is 48.2 Å². The summed E-state index contributed by atoms with van der Waals surface area (Å²) in [5.41, 5.74) is 4.22. The minimum absolute atomic E-state index is 0.437. The Hall–Kier alpha value is -2.47. The number of aromatic nitrogens is 3. The van der Waals surface area contributed by atoms with Crippen LogP contribution in [-0.2, 0) is 0 Å². The van der Waals surface area contributed by atoms with E-state index in [1.165, 1.54) is 5.69 Å². The van der Waals surface area contributed by atoms with E-state index < -0.39 is 0 Å². The molecule has 2 aromatic heterocycles. The number of hydrogen-bond donors (Lipinski definition) is 1. The van der Waals surface area contributed by atoms with Crippen molar-refractivity contribution in [2.24, 2.45) is 0 Å². The SMILES string of the molecule is CN(C)c1cccc(Nc2nccn3c(C4CC=CS4)cnc23)c1. The molecule has 0 saturated heterocycles. The number of hydrogen-bond acceptors (Lipinski definition) is 5. The second-order valence-electron chi connectivity index (χ2n) is 5.95. The molecule has 3 aromatic rings. The van der Waals surface area contributed by atoms with Crippen LogP contribution in [0, 0.1) is 0 Å². The van der Waals surface area contributed by atoms with Gasteiger partial charge < -0.3 is 10.2 Å². The second-order valence-corrected chi connectivity index (χ2v) is 7.07. The van der Waals surface area contributed by atoms with Crippen LogP contribution >= 0.6 is 11.8 Å². The zero-order chi connectivity index (χ0) is 16.5. The molecular weight excluding hydrogens is 318 g/mol. The lowest BCUT2D eigenvalue weighted by molar-refractivity contribution is 0.907. The fourth-order valence-corrected chi connectivity index (χ4v) is 3.79. The van der Waals surface area contributed by atoms with Gasteiger partial charge in [-0.15, -0.1) is 11.8 Å². The van der Waals surface area contributed by atoms with Gasteiger partial charge in [-0.2, -0.15) is 0 Å². The number of nitrogens with one attached hydrogen (secondary N) is 1. The van der Waals surface area contributed by atoms with Crippen LogP contribution in [0.15, 0.2) is 54.3 Å². The summed E-state index contributed by atoms with van der Waals surface area (Å²) < 4.78 is 2.13. The van der Waals surface area contributed by atoms with Crippen LogP contribution in [0.1, 0.15) is 17.4 Å². The first kappa shape index (κ1) is 15.1. The van der Waals surface area contributed by atoms with E-state index in [4.69, 9.17) is 0 Å². The molecule has 1 N–H and O–H groups in total. The van der Waals surface area contributed by atoms with E-state index >= 15 is 0 Å². The first-order valence-electron chi connectivity index (χ1n) is 7.89. The molecular formula is C18H19N5S. The highest BCUT2D eigenvalue weighted by molar-refractivity contribution is 8.02. The van der Waals surface area contributed by atoms with Crippen LogP contribution in [0.5, 0.6) is 0 Å². The van der Waals surface area contributed by atoms with Gasteiger partial charge in [-0.05, 0) is 30.0 Å². The molecule has 0 amide bonds.